The van der Waals surface area contributed by atoms with E-state index in [0.717, 1.165) is 44.2 Å². The highest BCUT2D eigenvalue weighted by atomic mass is 16.2. The first-order valence-electron chi connectivity index (χ1n) is 9.77. The molecule has 1 aromatic rings. The summed E-state index contributed by atoms with van der Waals surface area (Å²) in [6.45, 7) is 10.3. The second-order valence-electron chi connectivity index (χ2n) is 7.33. The van der Waals surface area contributed by atoms with E-state index in [-0.39, 0.29) is 5.91 Å². The number of piperidine rings is 1. The number of amides is 1. The molecule has 2 N–H and O–H groups in total. The number of nitrogens with zero attached hydrogens (tertiary/aromatic N) is 2. The Balaban J connectivity index is 1.40. The minimum atomic E-state index is 0.104. The van der Waals surface area contributed by atoms with E-state index in [9.17, 15) is 4.79 Å². The maximum absolute atomic E-state index is 12.4. The van der Waals surface area contributed by atoms with Gasteiger partial charge in [0.2, 0.25) is 5.91 Å². The molecule has 1 aromatic carbocycles. The Bertz CT molecular complexity index is 548. The van der Waals surface area contributed by atoms with Gasteiger partial charge >= 0.3 is 0 Å². The Hall–Kier alpha value is -1.43. The lowest BCUT2D eigenvalue weighted by Crippen LogP contribution is -2.50. The van der Waals surface area contributed by atoms with Crippen molar-refractivity contribution in [2.75, 3.05) is 57.7 Å². The van der Waals surface area contributed by atoms with Crippen LogP contribution in [0.25, 0.3) is 0 Å². The van der Waals surface area contributed by atoms with Crippen LogP contribution >= 0.6 is 0 Å². The normalized spacial score (nSPS) is 20.5. The Kier molecular flexibility index (Phi) is 6.84. The number of carbonyl (C=O) groups is 1. The van der Waals surface area contributed by atoms with E-state index in [1.165, 1.54) is 38.0 Å². The monoisotopic (exact) mass is 344 g/mol. The zero-order valence-corrected chi connectivity index (χ0v) is 15.5. The van der Waals surface area contributed by atoms with E-state index < -0.39 is 0 Å². The number of benzene rings is 1. The minimum Gasteiger partial charge on any atom is -0.325 e. The molecule has 2 saturated heterocycles. The highest BCUT2D eigenvalue weighted by Gasteiger charge is 2.22. The molecular formula is C20H32N4O. The molecule has 0 aliphatic carbocycles. The summed E-state index contributed by atoms with van der Waals surface area (Å²) in [5.41, 5.74) is 2.15. The number of anilines is 1. The molecule has 2 aliphatic rings. The quantitative estimate of drug-likeness (QED) is 0.826. The predicted molar refractivity (Wildman–Crippen MR) is 103 cm³/mol. The van der Waals surface area contributed by atoms with E-state index in [4.69, 9.17) is 0 Å². The molecule has 0 spiro atoms. The van der Waals surface area contributed by atoms with Gasteiger partial charge in [0, 0.05) is 38.4 Å². The Morgan fingerprint density at radius 2 is 1.80 bits per heavy atom. The van der Waals surface area contributed by atoms with Crippen LogP contribution in [0.15, 0.2) is 24.3 Å². The first kappa shape index (κ1) is 18.4. The minimum absolute atomic E-state index is 0.104. The van der Waals surface area contributed by atoms with Crippen molar-refractivity contribution < 1.29 is 4.79 Å². The summed E-state index contributed by atoms with van der Waals surface area (Å²) in [6.07, 6.45) is 3.55. The lowest BCUT2D eigenvalue weighted by molar-refractivity contribution is -0.117. The zero-order valence-electron chi connectivity index (χ0n) is 15.5. The number of hydrogen-bond acceptors (Lipinski definition) is 4. The number of hydrogen-bond donors (Lipinski definition) is 2. The standard InChI is InChI=1S/C20H32N4O/c1-2-18-5-3-4-6-19(18)22-20(25)16-24-13-11-23(12-14-24)15-17-7-9-21-10-8-17/h3-6,17,21H,2,7-16H2,1H3,(H,22,25). The van der Waals surface area contributed by atoms with Gasteiger partial charge in [-0.3, -0.25) is 9.69 Å². The summed E-state index contributed by atoms with van der Waals surface area (Å²) in [5, 5.41) is 6.52. The number of carbonyl (C=O) groups excluding carboxylic acids is 1. The fraction of sp³-hybridized carbons (Fsp3) is 0.650. The van der Waals surface area contributed by atoms with Crippen molar-refractivity contribution in [1.82, 2.24) is 15.1 Å². The summed E-state index contributed by atoms with van der Waals surface area (Å²) in [6, 6.07) is 8.08. The SMILES string of the molecule is CCc1ccccc1NC(=O)CN1CCN(CC2CCNCC2)CC1. The molecule has 138 valence electrons. The Labute approximate surface area is 151 Å². The maximum Gasteiger partial charge on any atom is 0.238 e. The van der Waals surface area contributed by atoms with Gasteiger partial charge in [-0.1, -0.05) is 25.1 Å². The largest absolute Gasteiger partial charge is 0.325 e. The Morgan fingerprint density at radius 3 is 2.52 bits per heavy atom. The molecule has 5 heteroatoms. The van der Waals surface area contributed by atoms with Crippen LogP contribution in [0.5, 0.6) is 0 Å². The average molecular weight is 345 g/mol. The summed E-state index contributed by atoms with van der Waals surface area (Å²) < 4.78 is 0. The van der Waals surface area contributed by atoms with Crippen LogP contribution in [-0.2, 0) is 11.2 Å². The van der Waals surface area contributed by atoms with Gasteiger partial charge in [0.05, 0.1) is 6.54 Å². The molecule has 0 saturated carbocycles. The summed E-state index contributed by atoms with van der Waals surface area (Å²) in [4.78, 5) is 17.2. The average Bonchev–Trinajstić information content (AvgIpc) is 2.64. The van der Waals surface area contributed by atoms with Gasteiger partial charge in [0.1, 0.15) is 0 Å². The molecule has 2 fully saturated rings. The molecule has 3 rings (SSSR count). The number of para-hydroxylation sites is 1. The fourth-order valence-corrected chi connectivity index (χ4v) is 3.90. The van der Waals surface area contributed by atoms with Gasteiger partial charge in [0.15, 0.2) is 0 Å². The van der Waals surface area contributed by atoms with E-state index in [0.29, 0.717) is 6.54 Å². The molecule has 0 aromatic heterocycles. The van der Waals surface area contributed by atoms with Crippen molar-refractivity contribution in [3.05, 3.63) is 29.8 Å². The van der Waals surface area contributed by atoms with Gasteiger partial charge < -0.3 is 15.5 Å². The van der Waals surface area contributed by atoms with Crippen molar-refractivity contribution in [2.24, 2.45) is 5.92 Å². The third-order valence-corrected chi connectivity index (χ3v) is 5.48. The second kappa shape index (κ2) is 9.32. The van der Waals surface area contributed by atoms with Crippen molar-refractivity contribution in [3.63, 3.8) is 0 Å². The molecular weight excluding hydrogens is 312 g/mol. The fourth-order valence-electron chi connectivity index (χ4n) is 3.90. The first-order valence-corrected chi connectivity index (χ1v) is 9.77. The zero-order chi connectivity index (χ0) is 17.5. The van der Waals surface area contributed by atoms with E-state index in [2.05, 4.69) is 33.4 Å². The predicted octanol–water partition coefficient (Wildman–Crippen LogP) is 1.80. The maximum atomic E-state index is 12.4. The lowest BCUT2D eigenvalue weighted by atomic mass is 9.97. The second-order valence-corrected chi connectivity index (χ2v) is 7.33. The highest BCUT2D eigenvalue weighted by molar-refractivity contribution is 5.93. The van der Waals surface area contributed by atoms with Crippen molar-refractivity contribution in [2.45, 2.75) is 26.2 Å². The van der Waals surface area contributed by atoms with Crippen molar-refractivity contribution in [1.29, 1.82) is 0 Å². The van der Waals surface area contributed by atoms with Crippen LogP contribution in [0, 0.1) is 5.92 Å². The van der Waals surface area contributed by atoms with Crippen LogP contribution in [0.3, 0.4) is 0 Å². The van der Waals surface area contributed by atoms with Crippen LogP contribution in [-0.4, -0.2) is 68.1 Å². The van der Waals surface area contributed by atoms with Crippen LogP contribution < -0.4 is 10.6 Å². The summed E-state index contributed by atoms with van der Waals surface area (Å²) in [7, 11) is 0. The molecule has 1 amide bonds. The third kappa shape index (κ3) is 5.53. The van der Waals surface area contributed by atoms with E-state index >= 15 is 0 Å². The first-order chi connectivity index (χ1) is 12.2. The molecule has 2 heterocycles. The molecule has 0 unspecified atom stereocenters. The number of rotatable bonds is 6. The van der Waals surface area contributed by atoms with Gasteiger partial charge in [-0.15, -0.1) is 0 Å². The molecule has 0 atom stereocenters. The summed E-state index contributed by atoms with van der Waals surface area (Å²) >= 11 is 0. The number of piperazine rings is 1. The van der Waals surface area contributed by atoms with Gasteiger partial charge in [-0.05, 0) is 49.9 Å². The van der Waals surface area contributed by atoms with Gasteiger partial charge in [-0.2, -0.15) is 0 Å². The Morgan fingerprint density at radius 1 is 1.12 bits per heavy atom. The van der Waals surface area contributed by atoms with E-state index in [1.807, 2.05) is 18.2 Å². The molecule has 0 bridgehead atoms. The molecule has 5 nitrogen and oxygen atoms in total. The van der Waals surface area contributed by atoms with Gasteiger partial charge in [0.25, 0.3) is 0 Å². The number of nitrogens with one attached hydrogen (secondary N) is 2. The smallest absolute Gasteiger partial charge is 0.238 e. The molecule has 25 heavy (non-hydrogen) atoms. The molecule has 2 aliphatic heterocycles. The lowest BCUT2D eigenvalue weighted by Gasteiger charge is -2.37. The highest BCUT2D eigenvalue weighted by Crippen LogP contribution is 2.16. The van der Waals surface area contributed by atoms with Crippen LogP contribution in [0.2, 0.25) is 0 Å². The molecule has 0 radical (unpaired) electrons. The topological polar surface area (TPSA) is 47.6 Å². The van der Waals surface area contributed by atoms with Crippen LogP contribution in [0.1, 0.15) is 25.3 Å². The van der Waals surface area contributed by atoms with E-state index in [1.54, 1.807) is 0 Å². The van der Waals surface area contributed by atoms with Gasteiger partial charge in [-0.25, -0.2) is 0 Å². The van der Waals surface area contributed by atoms with Crippen molar-refractivity contribution >= 4 is 11.6 Å². The number of aryl methyl sites for hydroxylation is 1. The van der Waals surface area contributed by atoms with Crippen LogP contribution in [0.4, 0.5) is 5.69 Å². The van der Waals surface area contributed by atoms with Crippen molar-refractivity contribution in [3.8, 4) is 0 Å². The third-order valence-electron chi connectivity index (χ3n) is 5.48. The summed E-state index contributed by atoms with van der Waals surface area (Å²) in [5.74, 6) is 0.953.